The first kappa shape index (κ1) is 16.1. The summed E-state index contributed by atoms with van der Waals surface area (Å²) in [6.07, 6.45) is -0.838. The molecule has 0 radical (unpaired) electrons. The van der Waals surface area contributed by atoms with Crippen LogP contribution in [0.2, 0.25) is 0 Å². The summed E-state index contributed by atoms with van der Waals surface area (Å²) in [5.41, 5.74) is 1.14. The van der Waals surface area contributed by atoms with Crippen molar-refractivity contribution in [3.63, 3.8) is 0 Å². The topological polar surface area (TPSA) is 17.0 Å². The van der Waals surface area contributed by atoms with Crippen LogP contribution in [0.4, 0.5) is 13.2 Å². The molecule has 0 saturated heterocycles. The number of hydrogen-bond donors (Lipinski definition) is 1. The van der Waals surface area contributed by atoms with Crippen LogP contribution < -0.4 is 5.32 Å². The van der Waals surface area contributed by atoms with Crippen LogP contribution in [-0.2, 0) is 6.54 Å². The highest BCUT2D eigenvalue weighted by molar-refractivity contribution is 5.16. The van der Waals surface area contributed by atoms with E-state index in [-0.39, 0.29) is 12.5 Å². The number of nitrogens with zero attached hydrogens (tertiary/aromatic N) is 1. The molecule has 0 amide bonds. The molecule has 0 saturated carbocycles. The SMILES string of the molecule is CCNC(c1ccn(CCCC(F)(F)F)c1)C(C)C. The molecule has 0 aliphatic heterocycles. The molecule has 0 aromatic carbocycles. The average molecular weight is 276 g/mol. The lowest BCUT2D eigenvalue weighted by atomic mass is 9.98. The maximum Gasteiger partial charge on any atom is 0.389 e. The zero-order chi connectivity index (χ0) is 14.5. The highest BCUT2D eigenvalue weighted by Crippen LogP contribution is 2.24. The zero-order valence-corrected chi connectivity index (χ0v) is 11.8. The molecule has 1 atom stereocenters. The molecule has 1 aromatic rings. The standard InChI is InChI=1S/C14H23F3N2/c1-4-18-13(11(2)3)12-6-9-19(10-12)8-5-7-14(15,16)17/h6,9-11,13,18H,4-5,7-8H2,1-3H3. The lowest BCUT2D eigenvalue weighted by Crippen LogP contribution is -2.25. The number of halogens is 3. The van der Waals surface area contributed by atoms with Crippen molar-refractivity contribution >= 4 is 0 Å². The molecule has 0 aliphatic rings. The number of rotatable bonds is 7. The van der Waals surface area contributed by atoms with Crippen LogP contribution in [0.1, 0.15) is 45.2 Å². The lowest BCUT2D eigenvalue weighted by Gasteiger charge is -2.20. The van der Waals surface area contributed by atoms with Crippen molar-refractivity contribution in [2.24, 2.45) is 5.92 Å². The van der Waals surface area contributed by atoms with E-state index in [0.717, 1.165) is 12.1 Å². The normalized spacial score (nSPS) is 14.1. The van der Waals surface area contributed by atoms with Crippen LogP contribution >= 0.6 is 0 Å². The van der Waals surface area contributed by atoms with Crippen LogP contribution in [0.25, 0.3) is 0 Å². The molecule has 19 heavy (non-hydrogen) atoms. The van der Waals surface area contributed by atoms with Gasteiger partial charge in [0, 0.05) is 31.4 Å². The van der Waals surface area contributed by atoms with E-state index in [2.05, 4.69) is 26.1 Å². The summed E-state index contributed by atoms with van der Waals surface area (Å²) in [6.45, 7) is 7.61. The van der Waals surface area contributed by atoms with Gasteiger partial charge in [-0.2, -0.15) is 13.2 Å². The Morgan fingerprint density at radius 1 is 1.32 bits per heavy atom. The molecule has 0 fully saturated rings. The van der Waals surface area contributed by atoms with Crippen LogP contribution in [0.5, 0.6) is 0 Å². The maximum atomic E-state index is 12.1. The Balaban J connectivity index is 2.55. The van der Waals surface area contributed by atoms with Gasteiger partial charge in [-0.15, -0.1) is 0 Å². The van der Waals surface area contributed by atoms with Crippen molar-refractivity contribution < 1.29 is 13.2 Å². The zero-order valence-electron chi connectivity index (χ0n) is 11.8. The second-order valence-corrected chi connectivity index (χ2v) is 5.18. The summed E-state index contributed by atoms with van der Waals surface area (Å²) < 4.78 is 38.1. The minimum absolute atomic E-state index is 0.130. The van der Waals surface area contributed by atoms with Crippen molar-refractivity contribution in [2.75, 3.05) is 6.54 Å². The monoisotopic (exact) mass is 276 g/mol. The summed E-state index contributed by atoms with van der Waals surface area (Å²) >= 11 is 0. The molecule has 0 aliphatic carbocycles. The van der Waals surface area contributed by atoms with Gasteiger partial charge in [-0.3, -0.25) is 0 Å². The first-order valence-electron chi connectivity index (χ1n) is 6.79. The molecular weight excluding hydrogens is 253 g/mol. The van der Waals surface area contributed by atoms with Crippen LogP contribution in [0, 0.1) is 5.92 Å². The van der Waals surface area contributed by atoms with E-state index in [0.29, 0.717) is 12.5 Å². The fourth-order valence-electron chi connectivity index (χ4n) is 2.20. The van der Waals surface area contributed by atoms with Crippen molar-refractivity contribution in [1.29, 1.82) is 0 Å². The molecular formula is C14H23F3N2. The number of alkyl halides is 3. The van der Waals surface area contributed by atoms with Gasteiger partial charge < -0.3 is 9.88 Å². The third-order valence-corrected chi connectivity index (χ3v) is 3.10. The smallest absolute Gasteiger partial charge is 0.354 e. The Bertz CT molecular complexity index is 369. The molecule has 1 heterocycles. The van der Waals surface area contributed by atoms with Gasteiger partial charge in [-0.25, -0.2) is 0 Å². The van der Waals surface area contributed by atoms with Gasteiger partial charge in [-0.05, 0) is 30.5 Å². The van der Waals surface area contributed by atoms with E-state index in [1.165, 1.54) is 0 Å². The summed E-state index contributed by atoms with van der Waals surface area (Å²) in [5, 5.41) is 3.40. The second kappa shape index (κ2) is 6.98. The van der Waals surface area contributed by atoms with Gasteiger partial charge in [0.05, 0.1) is 0 Å². The minimum Gasteiger partial charge on any atom is -0.354 e. The van der Waals surface area contributed by atoms with Gasteiger partial charge in [0.15, 0.2) is 0 Å². The largest absolute Gasteiger partial charge is 0.389 e. The van der Waals surface area contributed by atoms with Crippen molar-refractivity contribution in [2.45, 2.75) is 52.4 Å². The average Bonchev–Trinajstić information content (AvgIpc) is 2.72. The summed E-state index contributed by atoms with van der Waals surface area (Å²) in [7, 11) is 0. The summed E-state index contributed by atoms with van der Waals surface area (Å²) in [4.78, 5) is 0. The molecule has 1 rings (SSSR count). The third kappa shape index (κ3) is 5.68. The van der Waals surface area contributed by atoms with Gasteiger partial charge >= 0.3 is 6.18 Å². The van der Waals surface area contributed by atoms with E-state index in [1.807, 2.05) is 23.0 Å². The van der Waals surface area contributed by atoms with Gasteiger partial charge in [0.25, 0.3) is 0 Å². The van der Waals surface area contributed by atoms with Crippen molar-refractivity contribution in [3.8, 4) is 0 Å². The highest BCUT2D eigenvalue weighted by atomic mass is 19.4. The predicted molar refractivity (Wildman–Crippen MR) is 71.0 cm³/mol. The van der Waals surface area contributed by atoms with E-state index < -0.39 is 12.6 Å². The number of nitrogens with one attached hydrogen (secondary N) is 1. The van der Waals surface area contributed by atoms with Gasteiger partial charge in [0.2, 0.25) is 0 Å². The quantitative estimate of drug-likeness (QED) is 0.792. The molecule has 2 nitrogen and oxygen atoms in total. The molecule has 1 unspecified atom stereocenters. The van der Waals surface area contributed by atoms with Gasteiger partial charge in [0.1, 0.15) is 0 Å². The third-order valence-electron chi connectivity index (χ3n) is 3.10. The fraction of sp³-hybridized carbons (Fsp3) is 0.714. The molecule has 0 bridgehead atoms. The predicted octanol–water partition coefficient (Wildman–Crippen LogP) is 4.14. The second-order valence-electron chi connectivity index (χ2n) is 5.18. The molecule has 0 spiro atoms. The summed E-state index contributed by atoms with van der Waals surface area (Å²) in [6, 6.07) is 2.25. The Labute approximate surface area is 113 Å². The van der Waals surface area contributed by atoms with E-state index in [4.69, 9.17) is 0 Å². The Kier molecular flexibility index (Phi) is 5.91. The summed E-state index contributed by atoms with van der Waals surface area (Å²) in [5.74, 6) is 0.450. The Hall–Kier alpha value is -0.970. The van der Waals surface area contributed by atoms with Crippen LogP contribution in [0.15, 0.2) is 18.5 Å². The molecule has 1 aromatic heterocycles. The van der Waals surface area contributed by atoms with Crippen molar-refractivity contribution in [3.05, 3.63) is 24.0 Å². The first-order chi connectivity index (χ1) is 8.83. The molecule has 1 N–H and O–H groups in total. The van der Waals surface area contributed by atoms with E-state index in [1.54, 1.807) is 0 Å². The van der Waals surface area contributed by atoms with Crippen LogP contribution in [0.3, 0.4) is 0 Å². The lowest BCUT2D eigenvalue weighted by molar-refractivity contribution is -0.135. The fourth-order valence-corrected chi connectivity index (χ4v) is 2.20. The molecule has 110 valence electrons. The molecule has 5 heteroatoms. The highest BCUT2D eigenvalue weighted by Gasteiger charge is 2.26. The van der Waals surface area contributed by atoms with E-state index in [9.17, 15) is 13.2 Å². The Morgan fingerprint density at radius 3 is 2.53 bits per heavy atom. The van der Waals surface area contributed by atoms with Gasteiger partial charge in [-0.1, -0.05) is 20.8 Å². The van der Waals surface area contributed by atoms with E-state index >= 15 is 0 Å². The number of aromatic nitrogens is 1. The number of aryl methyl sites for hydroxylation is 1. The van der Waals surface area contributed by atoms with Crippen molar-refractivity contribution in [1.82, 2.24) is 9.88 Å². The van der Waals surface area contributed by atoms with Crippen LogP contribution in [-0.4, -0.2) is 17.3 Å². The number of hydrogen-bond acceptors (Lipinski definition) is 1. The Morgan fingerprint density at radius 2 is 2.00 bits per heavy atom. The minimum atomic E-state index is -4.06. The maximum absolute atomic E-state index is 12.1. The first-order valence-corrected chi connectivity index (χ1v) is 6.79.